The Balaban J connectivity index is 2.17. The van der Waals surface area contributed by atoms with Crippen molar-refractivity contribution < 1.29 is 15.3 Å². The van der Waals surface area contributed by atoms with Gasteiger partial charge in [0.05, 0.1) is 18.3 Å². The number of hydrogen-bond acceptors (Lipinski definition) is 3. The van der Waals surface area contributed by atoms with E-state index in [0.29, 0.717) is 23.7 Å². The van der Waals surface area contributed by atoms with E-state index in [-0.39, 0.29) is 24.4 Å². The highest BCUT2D eigenvalue weighted by atomic mass is 16.3. The Hall–Kier alpha value is -0.380. The second-order valence-electron chi connectivity index (χ2n) is 8.89. The number of rotatable bonds is 2. The molecular formula is C20H34O3. The molecule has 0 aromatic carbocycles. The summed E-state index contributed by atoms with van der Waals surface area (Å²) in [4.78, 5) is 0. The van der Waals surface area contributed by atoms with Crippen LogP contribution in [0.2, 0.25) is 0 Å². The molecule has 8 atom stereocenters. The van der Waals surface area contributed by atoms with Crippen molar-refractivity contribution in [3.8, 4) is 0 Å². The van der Waals surface area contributed by atoms with Crippen molar-refractivity contribution in [2.75, 3.05) is 6.61 Å². The molecule has 3 aliphatic rings. The maximum atomic E-state index is 11.9. The molecule has 0 radical (unpaired) electrons. The average Bonchev–Trinajstić information content (AvgIpc) is 2.50. The average molecular weight is 322 g/mol. The first-order valence-corrected chi connectivity index (χ1v) is 9.54. The molecule has 0 unspecified atom stereocenters. The van der Waals surface area contributed by atoms with Crippen LogP contribution in [0.4, 0.5) is 0 Å². The fourth-order valence-corrected chi connectivity index (χ4v) is 6.10. The molecule has 0 spiro atoms. The van der Waals surface area contributed by atoms with E-state index in [1.807, 2.05) is 6.08 Å². The monoisotopic (exact) mass is 322 g/mol. The number of aliphatic hydroxyl groups excluding tert-OH is 2. The normalized spacial score (nSPS) is 50.3. The van der Waals surface area contributed by atoms with E-state index >= 15 is 0 Å². The predicted molar refractivity (Wildman–Crippen MR) is 91.7 cm³/mol. The Labute approximate surface area is 140 Å². The van der Waals surface area contributed by atoms with Gasteiger partial charge in [-0.1, -0.05) is 40.2 Å². The van der Waals surface area contributed by atoms with Crippen molar-refractivity contribution in [2.45, 2.75) is 65.1 Å². The number of aliphatic hydroxyl groups is 3. The molecule has 0 heterocycles. The van der Waals surface area contributed by atoms with Gasteiger partial charge in [-0.05, 0) is 54.4 Å². The lowest BCUT2D eigenvalue weighted by Crippen LogP contribution is -2.65. The van der Waals surface area contributed by atoms with Crippen LogP contribution in [0.5, 0.6) is 0 Å². The fraction of sp³-hybridized carbons (Fsp3) is 0.900. The lowest BCUT2D eigenvalue weighted by Gasteiger charge is -2.60. The van der Waals surface area contributed by atoms with Crippen LogP contribution in [-0.2, 0) is 0 Å². The second-order valence-corrected chi connectivity index (χ2v) is 8.89. The van der Waals surface area contributed by atoms with Gasteiger partial charge in [0.25, 0.3) is 0 Å². The van der Waals surface area contributed by atoms with Gasteiger partial charge in [0.2, 0.25) is 0 Å². The molecule has 2 fully saturated rings. The molecule has 23 heavy (non-hydrogen) atoms. The van der Waals surface area contributed by atoms with E-state index in [4.69, 9.17) is 0 Å². The van der Waals surface area contributed by atoms with Crippen LogP contribution < -0.4 is 0 Å². The molecule has 0 amide bonds. The Morgan fingerprint density at radius 3 is 2.48 bits per heavy atom. The van der Waals surface area contributed by atoms with Gasteiger partial charge in [0.15, 0.2) is 0 Å². The summed E-state index contributed by atoms with van der Waals surface area (Å²) in [5.41, 5.74) is -0.0894. The first-order chi connectivity index (χ1) is 10.8. The molecule has 3 aliphatic carbocycles. The Kier molecular flexibility index (Phi) is 4.67. The maximum absolute atomic E-state index is 11.9. The number of hydrogen-bond donors (Lipinski definition) is 3. The molecule has 3 rings (SSSR count). The second kappa shape index (κ2) is 6.16. The standard InChI is InChI=1S/C20H34O3/c1-11(2)15-7-5-12(3)16-8-6-13(4)20(23)17(15)9-14(10-21)19(22)18(16)20/h9,11-13,15-19,21-23H,5-8,10H2,1-4H3/t12-,13+,15+,16-,17-,18-,19+,20-/m0/s1. The zero-order valence-corrected chi connectivity index (χ0v) is 15.1. The minimum atomic E-state index is -0.829. The molecule has 0 aliphatic heterocycles. The highest BCUT2D eigenvalue weighted by Crippen LogP contribution is 2.58. The third-order valence-corrected chi connectivity index (χ3v) is 7.55. The SMILES string of the molecule is CC(C)[C@H]1CC[C@H](C)[C@@H]2CC[C@@H](C)[C@@]3(O)[C@@H]2[C@H](O)C(CO)=C[C@@H]13. The minimum absolute atomic E-state index is 0.0587. The Morgan fingerprint density at radius 1 is 1.17 bits per heavy atom. The summed E-state index contributed by atoms with van der Waals surface area (Å²) in [5, 5.41) is 32.6. The summed E-state index contributed by atoms with van der Waals surface area (Å²) < 4.78 is 0. The lowest BCUT2D eigenvalue weighted by atomic mass is 9.48. The van der Waals surface area contributed by atoms with Crippen LogP contribution in [0.25, 0.3) is 0 Å². The summed E-state index contributed by atoms with van der Waals surface area (Å²) in [6.07, 6.45) is 5.79. The Morgan fingerprint density at radius 2 is 1.87 bits per heavy atom. The third-order valence-electron chi connectivity index (χ3n) is 7.55. The lowest BCUT2D eigenvalue weighted by molar-refractivity contribution is -0.203. The van der Waals surface area contributed by atoms with E-state index in [2.05, 4.69) is 27.7 Å². The van der Waals surface area contributed by atoms with Crippen LogP contribution in [0.1, 0.15) is 53.4 Å². The molecule has 132 valence electrons. The van der Waals surface area contributed by atoms with Gasteiger partial charge >= 0.3 is 0 Å². The third kappa shape index (κ3) is 2.51. The van der Waals surface area contributed by atoms with Gasteiger partial charge in [-0.25, -0.2) is 0 Å². The fourth-order valence-electron chi connectivity index (χ4n) is 6.10. The van der Waals surface area contributed by atoms with Crippen LogP contribution in [0.3, 0.4) is 0 Å². The zero-order valence-electron chi connectivity index (χ0n) is 15.1. The van der Waals surface area contributed by atoms with Gasteiger partial charge in [0.1, 0.15) is 0 Å². The molecule has 3 nitrogen and oxygen atoms in total. The summed E-state index contributed by atoms with van der Waals surface area (Å²) in [6.45, 7) is 8.85. The summed E-state index contributed by atoms with van der Waals surface area (Å²) >= 11 is 0. The zero-order chi connectivity index (χ0) is 16.9. The quantitative estimate of drug-likeness (QED) is 0.685. The molecule has 4 bridgehead atoms. The van der Waals surface area contributed by atoms with Crippen molar-refractivity contribution in [2.24, 2.45) is 41.4 Å². The first-order valence-electron chi connectivity index (χ1n) is 9.54. The van der Waals surface area contributed by atoms with Crippen LogP contribution in [0.15, 0.2) is 11.6 Å². The highest BCUT2D eigenvalue weighted by Gasteiger charge is 2.60. The molecule has 0 aromatic rings. The minimum Gasteiger partial charge on any atom is -0.392 e. The van der Waals surface area contributed by atoms with E-state index in [1.165, 1.54) is 6.42 Å². The van der Waals surface area contributed by atoms with Crippen molar-refractivity contribution in [1.82, 2.24) is 0 Å². The van der Waals surface area contributed by atoms with Gasteiger partial charge in [-0.15, -0.1) is 0 Å². The van der Waals surface area contributed by atoms with E-state index in [1.54, 1.807) is 0 Å². The van der Waals surface area contributed by atoms with Gasteiger partial charge in [-0.2, -0.15) is 0 Å². The summed E-state index contributed by atoms with van der Waals surface area (Å²) in [7, 11) is 0. The highest BCUT2D eigenvalue weighted by molar-refractivity contribution is 5.26. The first kappa shape index (κ1) is 17.4. The molecular weight excluding hydrogens is 288 g/mol. The molecule has 3 N–H and O–H groups in total. The maximum Gasteiger partial charge on any atom is 0.0831 e. The van der Waals surface area contributed by atoms with E-state index in [0.717, 1.165) is 24.8 Å². The smallest absolute Gasteiger partial charge is 0.0831 e. The van der Waals surface area contributed by atoms with Gasteiger partial charge in [0, 0.05) is 11.8 Å². The van der Waals surface area contributed by atoms with E-state index < -0.39 is 11.7 Å². The molecule has 3 heteroatoms. The van der Waals surface area contributed by atoms with Crippen LogP contribution in [0, 0.1) is 41.4 Å². The molecule has 0 aromatic heterocycles. The van der Waals surface area contributed by atoms with Crippen molar-refractivity contribution in [1.29, 1.82) is 0 Å². The van der Waals surface area contributed by atoms with Gasteiger partial charge in [-0.3, -0.25) is 0 Å². The van der Waals surface area contributed by atoms with Crippen LogP contribution >= 0.6 is 0 Å². The van der Waals surface area contributed by atoms with Gasteiger partial charge < -0.3 is 15.3 Å². The summed E-state index contributed by atoms with van der Waals surface area (Å²) in [6, 6.07) is 0. The topological polar surface area (TPSA) is 60.7 Å². The van der Waals surface area contributed by atoms with Crippen molar-refractivity contribution in [3.63, 3.8) is 0 Å². The summed E-state index contributed by atoms with van der Waals surface area (Å²) in [5.74, 6) is 1.93. The molecule has 0 saturated heterocycles. The van der Waals surface area contributed by atoms with E-state index in [9.17, 15) is 15.3 Å². The molecule has 2 saturated carbocycles. The van der Waals surface area contributed by atoms with Crippen molar-refractivity contribution >= 4 is 0 Å². The largest absolute Gasteiger partial charge is 0.392 e. The predicted octanol–water partition coefficient (Wildman–Crippen LogP) is 2.99. The van der Waals surface area contributed by atoms with Crippen molar-refractivity contribution in [3.05, 3.63) is 11.6 Å². The van der Waals surface area contributed by atoms with Crippen LogP contribution in [-0.4, -0.2) is 33.6 Å². The Bertz CT molecular complexity index is 472.